The van der Waals surface area contributed by atoms with Crippen molar-refractivity contribution in [2.75, 3.05) is 13.1 Å². The highest BCUT2D eigenvalue weighted by molar-refractivity contribution is 7.89. The molecule has 0 spiro atoms. The second-order valence-electron chi connectivity index (χ2n) is 5.18. The molecule has 1 saturated heterocycles. The minimum absolute atomic E-state index is 0.0532. The quantitative estimate of drug-likeness (QED) is 0.815. The van der Waals surface area contributed by atoms with Gasteiger partial charge in [0.15, 0.2) is 5.76 Å². The van der Waals surface area contributed by atoms with E-state index in [4.69, 9.17) is 9.52 Å². The van der Waals surface area contributed by atoms with Crippen molar-refractivity contribution < 1.29 is 27.5 Å². The van der Waals surface area contributed by atoms with Crippen molar-refractivity contribution in [3.63, 3.8) is 0 Å². The highest BCUT2D eigenvalue weighted by atomic mass is 32.2. The molecule has 0 bridgehead atoms. The molecule has 0 aliphatic carbocycles. The van der Waals surface area contributed by atoms with Crippen LogP contribution in [0.4, 0.5) is 0 Å². The van der Waals surface area contributed by atoms with Crippen molar-refractivity contribution in [2.45, 2.75) is 37.6 Å². The molecule has 0 saturated carbocycles. The fourth-order valence-corrected chi connectivity index (χ4v) is 3.91. The summed E-state index contributed by atoms with van der Waals surface area (Å²) in [5, 5.41) is 11.0. The molecule has 1 unspecified atom stereocenters. The van der Waals surface area contributed by atoms with Crippen molar-refractivity contribution in [3.05, 3.63) is 17.6 Å². The Hall–Kier alpha value is -1.87. The van der Waals surface area contributed by atoms with Gasteiger partial charge in [0.25, 0.3) is 5.91 Å². The van der Waals surface area contributed by atoms with Crippen molar-refractivity contribution in [1.82, 2.24) is 9.62 Å². The summed E-state index contributed by atoms with van der Waals surface area (Å²) in [7, 11) is -3.68. The van der Waals surface area contributed by atoms with Crippen molar-refractivity contribution in [3.8, 4) is 0 Å². The average molecular weight is 330 g/mol. The lowest BCUT2D eigenvalue weighted by Gasteiger charge is -2.14. The standard InChI is InChI=1S/C13H18N2O6S/c1-8(13(17)18)14-12(16)10-7-11(9(2)21-10)22(19,20)15-5-3-4-6-15/h7-8H,3-6H2,1-2H3,(H,14,16)(H,17,18). The number of furan rings is 1. The van der Waals surface area contributed by atoms with Crippen LogP contribution in [0.25, 0.3) is 0 Å². The third kappa shape index (κ3) is 3.14. The Morgan fingerprint density at radius 1 is 1.36 bits per heavy atom. The number of carboxylic acid groups (broad SMARTS) is 1. The van der Waals surface area contributed by atoms with Crippen LogP contribution in [0, 0.1) is 6.92 Å². The van der Waals surface area contributed by atoms with Crippen LogP contribution >= 0.6 is 0 Å². The topological polar surface area (TPSA) is 117 Å². The summed E-state index contributed by atoms with van der Waals surface area (Å²) in [5.41, 5.74) is 0. The van der Waals surface area contributed by atoms with Gasteiger partial charge in [0.1, 0.15) is 16.7 Å². The van der Waals surface area contributed by atoms with Gasteiger partial charge in [-0.15, -0.1) is 0 Å². The van der Waals surface area contributed by atoms with Gasteiger partial charge in [-0.1, -0.05) is 0 Å². The van der Waals surface area contributed by atoms with Crippen molar-refractivity contribution in [2.24, 2.45) is 0 Å². The van der Waals surface area contributed by atoms with Crippen LogP contribution in [0.1, 0.15) is 36.1 Å². The lowest BCUT2D eigenvalue weighted by Crippen LogP contribution is -2.38. The molecule has 1 aliphatic heterocycles. The number of hydrogen-bond acceptors (Lipinski definition) is 5. The van der Waals surface area contributed by atoms with Gasteiger partial charge < -0.3 is 14.8 Å². The summed E-state index contributed by atoms with van der Waals surface area (Å²) in [6.07, 6.45) is 1.61. The van der Waals surface area contributed by atoms with Crippen LogP contribution < -0.4 is 5.32 Å². The Bertz CT molecular complexity index is 687. The molecule has 1 atom stereocenters. The Balaban J connectivity index is 2.24. The second kappa shape index (κ2) is 6.09. The number of carbonyl (C=O) groups excluding carboxylic acids is 1. The number of hydrogen-bond donors (Lipinski definition) is 2. The van der Waals surface area contributed by atoms with Crippen LogP contribution in [-0.2, 0) is 14.8 Å². The predicted molar refractivity (Wildman–Crippen MR) is 76.0 cm³/mol. The first-order valence-electron chi connectivity index (χ1n) is 6.87. The number of carboxylic acids is 1. The molecule has 1 fully saturated rings. The van der Waals surface area contributed by atoms with E-state index in [2.05, 4.69) is 5.32 Å². The van der Waals surface area contributed by atoms with Gasteiger partial charge in [-0.25, -0.2) is 8.42 Å². The monoisotopic (exact) mass is 330 g/mol. The SMILES string of the molecule is Cc1oc(C(=O)NC(C)C(=O)O)cc1S(=O)(=O)N1CCCC1. The first kappa shape index (κ1) is 16.5. The highest BCUT2D eigenvalue weighted by Crippen LogP contribution is 2.26. The maximum absolute atomic E-state index is 12.5. The number of nitrogens with zero attached hydrogens (tertiary/aromatic N) is 1. The molecule has 2 rings (SSSR count). The molecule has 1 aliphatic rings. The summed E-state index contributed by atoms with van der Waals surface area (Å²) >= 11 is 0. The third-order valence-corrected chi connectivity index (χ3v) is 5.50. The van der Waals surface area contributed by atoms with Gasteiger partial charge in [-0.3, -0.25) is 9.59 Å². The predicted octanol–water partition coefficient (Wildman–Crippen LogP) is 0.575. The molecule has 122 valence electrons. The molecule has 1 amide bonds. The lowest BCUT2D eigenvalue weighted by molar-refractivity contribution is -0.138. The summed E-state index contributed by atoms with van der Waals surface area (Å²) in [4.78, 5) is 22.6. The molecule has 0 radical (unpaired) electrons. The van der Waals surface area contributed by atoms with Crippen LogP contribution in [0.3, 0.4) is 0 Å². The fraction of sp³-hybridized carbons (Fsp3) is 0.538. The zero-order chi connectivity index (χ0) is 16.5. The Morgan fingerprint density at radius 2 is 1.95 bits per heavy atom. The van der Waals surface area contributed by atoms with Gasteiger partial charge in [0.2, 0.25) is 10.0 Å². The molecule has 1 aromatic rings. The number of aryl methyl sites for hydroxylation is 1. The Labute approximate surface area is 128 Å². The number of sulfonamides is 1. The second-order valence-corrected chi connectivity index (χ2v) is 7.08. The molecule has 0 aromatic carbocycles. The molecule has 9 heteroatoms. The molecule has 22 heavy (non-hydrogen) atoms. The van der Waals surface area contributed by atoms with Crippen LogP contribution in [-0.4, -0.2) is 48.8 Å². The van der Waals surface area contributed by atoms with E-state index in [9.17, 15) is 18.0 Å². The smallest absolute Gasteiger partial charge is 0.325 e. The first-order chi connectivity index (χ1) is 10.2. The van der Waals surface area contributed by atoms with E-state index in [1.807, 2.05) is 0 Å². The summed E-state index contributed by atoms with van der Waals surface area (Å²) < 4.78 is 31.5. The average Bonchev–Trinajstić information content (AvgIpc) is 3.07. The Kier molecular flexibility index (Phi) is 4.57. The first-order valence-corrected chi connectivity index (χ1v) is 8.31. The van der Waals surface area contributed by atoms with E-state index in [1.54, 1.807) is 0 Å². The van der Waals surface area contributed by atoms with Gasteiger partial charge >= 0.3 is 5.97 Å². The lowest BCUT2D eigenvalue weighted by atomic mass is 10.3. The fourth-order valence-electron chi connectivity index (χ4n) is 2.23. The van der Waals surface area contributed by atoms with E-state index >= 15 is 0 Å². The summed E-state index contributed by atoms with van der Waals surface area (Å²) in [5.74, 6) is -2.06. The highest BCUT2D eigenvalue weighted by Gasteiger charge is 2.32. The third-order valence-electron chi connectivity index (χ3n) is 3.50. The maximum atomic E-state index is 12.5. The molecule has 2 N–H and O–H groups in total. The number of rotatable bonds is 5. The van der Waals surface area contributed by atoms with Crippen LogP contribution in [0.15, 0.2) is 15.4 Å². The minimum atomic E-state index is -3.68. The summed E-state index contributed by atoms with van der Waals surface area (Å²) in [6, 6.07) is 0.0453. The van der Waals surface area contributed by atoms with E-state index in [0.29, 0.717) is 13.1 Å². The zero-order valence-electron chi connectivity index (χ0n) is 12.3. The van der Waals surface area contributed by atoms with Crippen molar-refractivity contribution in [1.29, 1.82) is 0 Å². The van der Waals surface area contributed by atoms with Crippen molar-refractivity contribution >= 4 is 21.9 Å². The molecular formula is C13H18N2O6S. The molecular weight excluding hydrogens is 312 g/mol. The van der Waals surface area contributed by atoms with E-state index in [0.717, 1.165) is 18.9 Å². The van der Waals surface area contributed by atoms with Crippen LogP contribution in [0.2, 0.25) is 0 Å². The van der Waals surface area contributed by atoms with E-state index < -0.39 is 27.9 Å². The van der Waals surface area contributed by atoms with Gasteiger partial charge in [-0.2, -0.15) is 4.31 Å². The van der Waals surface area contributed by atoms with Crippen LogP contribution in [0.5, 0.6) is 0 Å². The Morgan fingerprint density at radius 3 is 2.50 bits per heavy atom. The van der Waals surface area contributed by atoms with Gasteiger partial charge in [-0.05, 0) is 26.7 Å². The minimum Gasteiger partial charge on any atom is -0.480 e. The number of carbonyl (C=O) groups is 2. The maximum Gasteiger partial charge on any atom is 0.325 e. The number of amides is 1. The zero-order valence-corrected chi connectivity index (χ0v) is 13.1. The number of nitrogens with one attached hydrogen (secondary N) is 1. The number of aliphatic carboxylic acids is 1. The largest absolute Gasteiger partial charge is 0.480 e. The molecule has 8 nitrogen and oxygen atoms in total. The van der Waals surface area contributed by atoms with E-state index in [-0.39, 0.29) is 16.4 Å². The normalized spacial score (nSPS) is 17.4. The molecule has 1 aromatic heterocycles. The van der Waals surface area contributed by atoms with E-state index in [1.165, 1.54) is 18.2 Å². The molecule has 2 heterocycles. The van der Waals surface area contributed by atoms with Gasteiger partial charge in [0.05, 0.1) is 0 Å². The summed E-state index contributed by atoms with van der Waals surface area (Å²) in [6.45, 7) is 3.66. The van der Waals surface area contributed by atoms with Gasteiger partial charge in [0, 0.05) is 19.2 Å².